The predicted molar refractivity (Wildman–Crippen MR) is 225 cm³/mol. The summed E-state index contributed by atoms with van der Waals surface area (Å²) in [7, 11) is 0. The second-order valence-corrected chi connectivity index (χ2v) is 16.2. The fourth-order valence-electron chi connectivity index (χ4n) is 9.19. The molecule has 0 radical (unpaired) electrons. The molecule has 276 valence electrons. The van der Waals surface area contributed by atoms with Crippen molar-refractivity contribution in [1.82, 2.24) is 0 Å². The van der Waals surface area contributed by atoms with E-state index in [1.54, 1.807) is 0 Å². The smallest absolute Gasteiger partial charge is 0.213 e. The van der Waals surface area contributed by atoms with E-state index in [9.17, 15) is 0 Å². The molecule has 3 unspecified atom stereocenters. The lowest BCUT2D eigenvalue weighted by Crippen LogP contribution is -2.38. The first-order valence-electron chi connectivity index (χ1n) is 20.1. The van der Waals surface area contributed by atoms with Crippen LogP contribution >= 0.6 is 0 Å². The quantitative estimate of drug-likeness (QED) is 0.139. The third kappa shape index (κ3) is 8.79. The minimum atomic E-state index is 0.402. The van der Waals surface area contributed by atoms with Crippen LogP contribution in [0.3, 0.4) is 0 Å². The summed E-state index contributed by atoms with van der Waals surface area (Å²) in [6.45, 7) is 19.8. The molecule has 3 aromatic rings. The van der Waals surface area contributed by atoms with Gasteiger partial charge >= 0.3 is 0 Å². The van der Waals surface area contributed by atoms with Gasteiger partial charge in [-0.3, -0.25) is 9.15 Å². The van der Waals surface area contributed by atoms with Gasteiger partial charge in [-0.15, -0.1) is 12.1 Å². The monoisotopic (exact) mass is 712 g/mol. The number of allylic oxidation sites excluding steroid dienone is 8. The van der Waals surface area contributed by atoms with E-state index in [-0.39, 0.29) is 0 Å². The summed E-state index contributed by atoms with van der Waals surface area (Å²) in [6, 6.07) is 24.1. The maximum absolute atomic E-state index is 4.41. The number of aryl methyl sites for hydroxylation is 3. The zero-order valence-corrected chi connectivity index (χ0v) is 32.8. The molecule has 2 aliphatic heterocycles. The summed E-state index contributed by atoms with van der Waals surface area (Å²) >= 11 is 0. The molecule has 1 saturated carbocycles. The number of hydrogen-bond acceptors (Lipinski definition) is 0. The van der Waals surface area contributed by atoms with Crippen LogP contribution in [0.25, 0.3) is 5.57 Å². The Hall–Kier alpha value is -5.15. The Morgan fingerprint density at radius 3 is 1.63 bits per heavy atom. The van der Waals surface area contributed by atoms with Gasteiger partial charge in [0.2, 0.25) is 5.35 Å². The number of nitrogens with zero attached hydrogens (tertiary/aromatic N) is 3. The third-order valence-corrected chi connectivity index (χ3v) is 12.2. The van der Waals surface area contributed by atoms with Gasteiger partial charge in [0.05, 0.1) is 13.4 Å². The highest BCUT2D eigenvalue weighted by Crippen LogP contribution is 2.41. The molecule has 0 N–H and O–H groups in total. The maximum atomic E-state index is 4.41. The lowest BCUT2D eigenvalue weighted by Gasteiger charge is -2.36. The van der Waals surface area contributed by atoms with Gasteiger partial charge in [0.15, 0.2) is 6.20 Å². The number of pyridine rings is 1. The minimum Gasteiger partial charge on any atom is -0.255 e. The number of aromatic nitrogens is 1. The Balaban J connectivity index is 1.01. The summed E-state index contributed by atoms with van der Waals surface area (Å²) in [5.74, 6) is 2.59. The second kappa shape index (κ2) is 16.9. The van der Waals surface area contributed by atoms with E-state index in [1.165, 1.54) is 100 Å². The van der Waals surface area contributed by atoms with Crippen LogP contribution in [-0.4, -0.2) is 22.6 Å². The van der Waals surface area contributed by atoms with Crippen molar-refractivity contribution in [2.24, 2.45) is 23.7 Å². The molecule has 2 aromatic carbocycles. The van der Waals surface area contributed by atoms with Crippen LogP contribution in [0.5, 0.6) is 0 Å². The Bertz CT molecular complexity index is 2090. The van der Waals surface area contributed by atoms with Crippen molar-refractivity contribution < 1.29 is 13.4 Å². The van der Waals surface area contributed by atoms with Crippen LogP contribution in [0.4, 0.5) is 0 Å². The van der Waals surface area contributed by atoms with Gasteiger partial charge < -0.3 is 0 Å². The lowest BCUT2D eigenvalue weighted by molar-refractivity contribution is -0.514. The van der Waals surface area contributed by atoms with Crippen molar-refractivity contribution in [1.29, 1.82) is 0 Å². The maximum Gasteiger partial charge on any atom is 0.213 e. The molecular formula is C51H58N3+. The normalized spacial score (nSPS) is 23.5. The molecule has 0 bridgehead atoms. The van der Waals surface area contributed by atoms with Crippen molar-refractivity contribution >= 4 is 19.0 Å². The van der Waals surface area contributed by atoms with Crippen LogP contribution in [0.15, 0.2) is 139 Å². The van der Waals surface area contributed by atoms with Crippen LogP contribution in [0, 0.1) is 56.3 Å². The fraction of sp³-hybridized carbons (Fsp3) is 0.314. The second-order valence-electron chi connectivity index (χ2n) is 16.2. The zero-order valence-electron chi connectivity index (χ0n) is 32.8. The average Bonchev–Trinajstić information content (AvgIpc) is 3.17. The molecule has 0 spiro atoms. The van der Waals surface area contributed by atoms with E-state index in [0.717, 1.165) is 37.0 Å². The number of hydrogen-bond donors (Lipinski definition) is 0. The molecule has 1 aromatic heterocycles. The first-order chi connectivity index (χ1) is 26.2. The largest absolute Gasteiger partial charge is 0.255 e. The van der Waals surface area contributed by atoms with Gasteiger partial charge in [0, 0.05) is 23.1 Å². The molecule has 4 atom stereocenters. The highest BCUT2D eigenvalue weighted by Gasteiger charge is 2.30. The molecule has 2 aliphatic carbocycles. The molecule has 3 heterocycles. The van der Waals surface area contributed by atoms with E-state index >= 15 is 0 Å². The predicted octanol–water partition coefficient (Wildman–Crippen LogP) is 10.2. The van der Waals surface area contributed by atoms with Gasteiger partial charge in [0.25, 0.3) is 0 Å². The molecule has 3 heteroatoms. The molecule has 0 saturated heterocycles. The van der Waals surface area contributed by atoms with E-state index in [2.05, 4.69) is 182 Å². The topological polar surface area (TPSA) is 11.9 Å². The van der Waals surface area contributed by atoms with E-state index < -0.39 is 0 Å². The van der Waals surface area contributed by atoms with Crippen molar-refractivity contribution in [2.75, 3.05) is 0 Å². The van der Waals surface area contributed by atoms with E-state index in [1.807, 2.05) is 0 Å². The van der Waals surface area contributed by atoms with Crippen molar-refractivity contribution in [3.63, 3.8) is 0 Å². The average molecular weight is 713 g/mol. The van der Waals surface area contributed by atoms with Crippen LogP contribution in [-0.2, 0) is 6.42 Å². The van der Waals surface area contributed by atoms with Crippen molar-refractivity contribution in [3.05, 3.63) is 191 Å². The minimum absolute atomic E-state index is 0.402. The summed E-state index contributed by atoms with van der Waals surface area (Å²) in [5, 5.41) is 1.20. The molecule has 1 fully saturated rings. The van der Waals surface area contributed by atoms with Crippen LogP contribution in [0.2, 0.25) is 0 Å². The molecule has 7 rings (SSSR count). The van der Waals surface area contributed by atoms with E-state index in [0.29, 0.717) is 5.92 Å². The van der Waals surface area contributed by atoms with Crippen LogP contribution in [0.1, 0.15) is 86.1 Å². The molecule has 54 heavy (non-hydrogen) atoms. The van der Waals surface area contributed by atoms with E-state index in [4.69, 9.17) is 0 Å². The van der Waals surface area contributed by atoms with Gasteiger partial charge in [-0.2, -0.15) is 4.24 Å². The Morgan fingerprint density at radius 2 is 1.15 bits per heavy atom. The molecule has 4 aliphatic rings. The third-order valence-electron chi connectivity index (χ3n) is 12.2. The summed E-state index contributed by atoms with van der Waals surface area (Å²) in [4.78, 5) is 0. The first-order valence-corrected chi connectivity index (χ1v) is 20.1. The van der Waals surface area contributed by atoms with Crippen molar-refractivity contribution in [3.8, 4) is 0 Å². The molecule has 3 nitrogen and oxygen atoms in total. The summed E-state index contributed by atoms with van der Waals surface area (Å²) in [6.07, 6.45) is 35.7. The van der Waals surface area contributed by atoms with Crippen molar-refractivity contribution in [2.45, 2.75) is 78.6 Å². The molecule has 0 amide bonds. The Morgan fingerprint density at radius 1 is 0.630 bits per heavy atom. The highest BCUT2D eigenvalue weighted by molar-refractivity contribution is 5.61. The summed E-state index contributed by atoms with van der Waals surface area (Å²) < 4.78 is 6.24. The highest BCUT2D eigenvalue weighted by atomic mass is 15.0. The summed E-state index contributed by atoms with van der Waals surface area (Å²) in [5.41, 5.74) is 10.5. The first kappa shape index (κ1) is 37.2. The van der Waals surface area contributed by atoms with Gasteiger partial charge in [-0.1, -0.05) is 105 Å². The molecular weight excluding hydrogens is 655 g/mol. The fourth-order valence-corrected chi connectivity index (χ4v) is 9.19. The Kier molecular flexibility index (Phi) is 11.6. The lowest BCUT2D eigenvalue weighted by atomic mass is 9.70. The van der Waals surface area contributed by atoms with Gasteiger partial charge in [-0.05, 0) is 116 Å². The van der Waals surface area contributed by atoms with Gasteiger partial charge in [-0.25, -0.2) is 0 Å². The standard InChI is InChI=1S/C51H58N3/c1-37-13-7-10-16-46(37)49-28-25-40(34-52(49)4)19-22-43-31-44(23-20-41-26-29-50(53(5)35-41)47-17-11-8-14-38(47)2)33-45(32-43)24-21-42-27-30-51(54(6)36-42)48-18-12-9-15-39(48)3/h7-18,25-30,34-37,43-45H,4-6,19-24,31-33H2,1-3H3/q+1/b49-46-/t37?,43?,44-,45?/m0/s1. The van der Waals surface area contributed by atoms with Gasteiger partial charge in [0.1, 0.15) is 31.2 Å². The zero-order chi connectivity index (χ0) is 37.6. The number of rotatable bonds is 11. The number of benzene rings is 2. The van der Waals surface area contributed by atoms with Crippen LogP contribution < -0.4 is 9.59 Å². The Labute approximate surface area is 324 Å². The SMILES string of the molecule is C=[N+]1C=C(CCC2CC(CCc3cc/c(=C4\C=CC=CC4C)[n+](=C)c3)C[C@H](CCC3=C[N+](=C)[C-](c4ccccc4C)C=C3)C2)C=C[C-]1c1ccccc1C.